The van der Waals surface area contributed by atoms with Crippen LogP contribution in [-0.2, 0) is 13.0 Å². The molecule has 3 aromatic rings. The monoisotopic (exact) mass is 438 g/mol. The Morgan fingerprint density at radius 1 is 1.32 bits per heavy atom. The second-order valence-corrected chi connectivity index (χ2v) is 8.86. The molecule has 3 heterocycles. The number of nitriles is 1. The Kier molecular flexibility index (Phi) is 6.32. The average molecular weight is 439 g/mol. The minimum atomic E-state index is -0.000492. The molecule has 31 heavy (non-hydrogen) atoms. The topological polar surface area (TPSA) is 100 Å². The van der Waals surface area contributed by atoms with Gasteiger partial charge in [0.1, 0.15) is 16.8 Å². The van der Waals surface area contributed by atoms with Gasteiger partial charge < -0.3 is 9.84 Å². The summed E-state index contributed by atoms with van der Waals surface area (Å²) in [6, 6.07) is 7.72. The molecule has 0 amide bonds. The van der Waals surface area contributed by atoms with E-state index in [1.165, 1.54) is 16.9 Å². The van der Waals surface area contributed by atoms with Crippen molar-refractivity contribution in [1.29, 1.82) is 5.26 Å². The van der Waals surface area contributed by atoms with E-state index in [2.05, 4.69) is 28.1 Å². The first-order valence-corrected chi connectivity index (χ1v) is 11.3. The molecular weight excluding hydrogens is 412 g/mol. The van der Waals surface area contributed by atoms with Crippen LogP contribution in [0.1, 0.15) is 42.8 Å². The molecule has 2 aromatic heterocycles. The van der Waals surface area contributed by atoms with E-state index in [4.69, 9.17) is 14.9 Å². The lowest BCUT2D eigenvalue weighted by Gasteiger charge is -2.26. The molecule has 0 unspecified atom stereocenters. The fraction of sp³-hybridized carbons (Fsp3) is 0.455. The summed E-state index contributed by atoms with van der Waals surface area (Å²) in [6.45, 7) is 8.83. The van der Waals surface area contributed by atoms with Crippen molar-refractivity contribution in [1.82, 2.24) is 24.9 Å². The Morgan fingerprint density at radius 2 is 2.16 bits per heavy atom. The number of aliphatic hydroxyl groups is 1. The number of nitrogens with zero attached hydrogens (tertiary/aromatic N) is 6. The fourth-order valence-corrected chi connectivity index (χ4v) is 4.61. The summed E-state index contributed by atoms with van der Waals surface area (Å²) in [6.07, 6.45) is 1.68. The average Bonchev–Trinajstić information content (AvgIpc) is 3.37. The third kappa shape index (κ3) is 4.46. The van der Waals surface area contributed by atoms with Gasteiger partial charge in [-0.05, 0) is 45.4 Å². The number of hydrogen-bond donors (Lipinski definition) is 1. The molecule has 1 aliphatic rings. The Morgan fingerprint density at radius 3 is 2.90 bits per heavy atom. The summed E-state index contributed by atoms with van der Waals surface area (Å²) in [5.74, 6) is 0.576. The number of hydrogen-bond acceptors (Lipinski definition) is 8. The van der Waals surface area contributed by atoms with Gasteiger partial charge in [0, 0.05) is 49.5 Å². The lowest BCUT2D eigenvalue weighted by Crippen LogP contribution is -2.31. The maximum absolute atomic E-state index is 9.50. The number of aromatic nitrogens is 4. The van der Waals surface area contributed by atoms with Gasteiger partial charge in [-0.15, -0.1) is 10.2 Å². The summed E-state index contributed by atoms with van der Waals surface area (Å²) in [7, 11) is 0. The van der Waals surface area contributed by atoms with Crippen molar-refractivity contribution >= 4 is 11.3 Å². The van der Waals surface area contributed by atoms with Gasteiger partial charge in [-0.25, -0.2) is 4.68 Å². The quantitative estimate of drug-likeness (QED) is 0.605. The molecule has 8 nitrogen and oxygen atoms in total. The zero-order valence-corrected chi connectivity index (χ0v) is 18.8. The van der Waals surface area contributed by atoms with Gasteiger partial charge in [0.2, 0.25) is 5.13 Å². The largest absolute Gasteiger partial charge is 0.490 e. The van der Waals surface area contributed by atoms with Gasteiger partial charge in [-0.2, -0.15) is 10.4 Å². The highest BCUT2D eigenvalue weighted by Gasteiger charge is 2.24. The molecule has 0 saturated carbocycles. The summed E-state index contributed by atoms with van der Waals surface area (Å²) >= 11 is 1.45. The molecular formula is C22H26N6O2S. The van der Waals surface area contributed by atoms with Crippen molar-refractivity contribution in [3.05, 3.63) is 40.7 Å². The van der Waals surface area contributed by atoms with Crippen molar-refractivity contribution in [2.45, 2.75) is 46.3 Å². The van der Waals surface area contributed by atoms with Gasteiger partial charge in [-0.1, -0.05) is 11.3 Å². The predicted molar refractivity (Wildman–Crippen MR) is 118 cm³/mol. The minimum absolute atomic E-state index is 0.000492. The predicted octanol–water partition coefficient (Wildman–Crippen LogP) is 3.10. The van der Waals surface area contributed by atoms with E-state index >= 15 is 0 Å². The third-order valence-corrected chi connectivity index (χ3v) is 6.26. The summed E-state index contributed by atoms with van der Waals surface area (Å²) in [5.41, 5.74) is 4.74. The van der Waals surface area contributed by atoms with Crippen LogP contribution >= 0.6 is 11.3 Å². The Hall–Kier alpha value is -2.80. The zero-order chi connectivity index (χ0) is 22.0. The number of ether oxygens (including phenoxy) is 1. The molecule has 0 spiro atoms. The molecule has 1 aromatic carbocycles. The lowest BCUT2D eigenvalue weighted by molar-refractivity contribution is 0.211. The molecule has 0 bridgehead atoms. The maximum atomic E-state index is 9.50. The van der Waals surface area contributed by atoms with Crippen molar-refractivity contribution in [2.75, 3.05) is 19.7 Å². The van der Waals surface area contributed by atoms with Crippen molar-refractivity contribution in [2.24, 2.45) is 0 Å². The van der Waals surface area contributed by atoms with E-state index in [-0.39, 0.29) is 12.7 Å². The van der Waals surface area contributed by atoms with Crippen molar-refractivity contribution in [3.63, 3.8) is 0 Å². The van der Waals surface area contributed by atoms with E-state index < -0.39 is 0 Å². The highest BCUT2D eigenvalue weighted by molar-refractivity contribution is 7.17. The highest BCUT2D eigenvalue weighted by Crippen LogP contribution is 2.31. The first kappa shape index (κ1) is 21.4. The van der Waals surface area contributed by atoms with Crippen LogP contribution in [0.3, 0.4) is 0 Å². The lowest BCUT2D eigenvalue weighted by atomic mass is 10.1. The standard InChI is InChI=1S/C22H26N6O2S/c1-14(2)30-20-6-5-16(11-17(20)12-23)21-24-25-22(31-21)28-15(3)18-13-27(8-4-10-29)9-7-19(18)26-28/h5-6,11,14,29H,4,7-10,13H2,1-3H3. The van der Waals surface area contributed by atoms with Crippen molar-refractivity contribution < 1.29 is 9.84 Å². The number of benzene rings is 1. The highest BCUT2D eigenvalue weighted by atomic mass is 32.1. The molecule has 0 aliphatic carbocycles. The summed E-state index contributed by atoms with van der Waals surface area (Å²) < 4.78 is 7.59. The van der Waals surface area contributed by atoms with Crippen molar-refractivity contribution in [3.8, 4) is 27.5 Å². The molecule has 4 rings (SSSR count). The van der Waals surface area contributed by atoms with E-state index in [0.29, 0.717) is 16.4 Å². The molecule has 0 radical (unpaired) electrons. The van der Waals surface area contributed by atoms with E-state index in [9.17, 15) is 5.26 Å². The van der Waals surface area contributed by atoms with E-state index in [1.807, 2.05) is 30.7 Å². The van der Waals surface area contributed by atoms with E-state index in [0.717, 1.165) is 54.4 Å². The first-order chi connectivity index (χ1) is 15.0. The number of fused-ring (bicyclic) bond motifs is 1. The van der Waals surface area contributed by atoms with Crippen LogP contribution in [0, 0.1) is 18.3 Å². The van der Waals surface area contributed by atoms with Crippen LogP contribution in [0.2, 0.25) is 0 Å². The van der Waals surface area contributed by atoms with Crippen LogP contribution in [-0.4, -0.2) is 55.8 Å². The van der Waals surface area contributed by atoms with Crippen LogP contribution in [0.15, 0.2) is 18.2 Å². The van der Waals surface area contributed by atoms with Crippen LogP contribution < -0.4 is 4.74 Å². The molecule has 1 N–H and O–H groups in total. The number of rotatable bonds is 7. The molecule has 9 heteroatoms. The molecule has 0 fully saturated rings. The smallest absolute Gasteiger partial charge is 0.233 e. The van der Waals surface area contributed by atoms with Crippen LogP contribution in [0.4, 0.5) is 0 Å². The Bertz CT molecular complexity index is 1110. The van der Waals surface area contributed by atoms with Gasteiger partial charge in [0.15, 0.2) is 0 Å². The second kappa shape index (κ2) is 9.14. The molecule has 0 atom stereocenters. The molecule has 162 valence electrons. The number of aliphatic hydroxyl groups excluding tert-OH is 1. The summed E-state index contributed by atoms with van der Waals surface area (Å²) in [4.78, 5) is 2.35. The zero-order valence-electron chi connectivity index (χ0n) is 18.0. The SMILES string of the molecule is Cc1c2c(nn1-c1nnc(-c3ccc(OC(C)C)c(C#N)c3)s1)CCN(CCCO)C2. The molecule has 1 aliphatic heterocycles. The van der Waals surface area contributed by atoms with Gasteiger partial charge in [-0.3, -0.25) is 4.90 Å². The van der Waals surface area contributed by atoms with Crippen LogP contribution in [0.5, 0.6) is 5.75 Å². The summed E-state index contributed by atoms with van der Waals surface area (Å²) in [5, 5.41) is 33.6. The Balaban J connectivity index is 1.59. The normalized spacial score (nSPS) is 13.9. The van der Waals surface area contributed by atoms with Gasteiger partial charge >= 0.3 is 0 Å². The second-order valence-electron chi connectivity index (χ2n) is 7.90. The first-order valence-electron chi connectivity index (χ1n) is 10.5. The Labute approximate surface area is 185 Å². The van der Waals surface area contributed by atoms with Crippen LogP contribution in [0.25, 0.3) is 15.7 Å². The van der Waals surface area contributed by atoms with E-state index in [1.54, 1.807) is 6.07 Å². The molecule has 0 saturated heterocycles. The maximum Gasteiger partial charge on any atom is 0.233 e. The third-order valence-electron chi connectivity index (χ3n) is 5.31. The fourth-order valence-electron chi connectivity index (χ4n) is 3.76. The van der Waals surface area contributed by atoms with Gasteiger partial charge in [0.05, 0.1) is 17.4 Å². The minimum Gasteiger partial charge on any atom is -0.490 e. The van der Waals surface area contributed by atoms with Gasteiger partial charge in [0.25, 0.3) is 0 Å².